The van der Waals surface area contributed by atoms with Crippen LogP contribution in [0, 0.1) is 11.8 Å². The molecule has 8 amide bonds. The highest BCUT2D eigenvalue weighted by Crippen LogP contribution is 2.41. The number of rotatable bonds is 8. The Labute approximate surface area is 404 Å². The van der Waals surface area contributed by atoms with Gasteiger partial charge < -0.3 is 0 Å². The highest BCUT2D eigenvalue weighted by atomic mass is 16.2. The lowest BCUT2D eigenvalue weighted by Gasteiger charge is -2.34. The molecule has 4 aliphatic heterocycles. The summed E-state index contributed by atoms with van der Waals surface area (Å²) >= 11 is 0. The predicted molar refractivity (Wildman–Crippen MR) is 263 cm³/mol. The van der Waals surface area contributed by atoms with Gasteiger partial charge in [-0.3, -0.25) is 67.3 Å². The normalized spacial score (nSPS) is 16.5. The number of imide groups is 4. The van der Waals surface area contributed by atoms with Crippen LogP contribution in [0.2, 0.25) is 0 Å². The molecule has 0 spiro atoms. The van der Waals surface area contributed by atoms with Crippen molar-refractivity contribution in [3.8, 4) is 0 Å². The zero-order valence-electron chi connectivity index (χ0n) is 39.2. The Hall–Kier alpha value is -9.06. The van der Waals surface area contributed by atoms with Gasteiger partial charge in [0, 0.05) is 55.9 Å². The summed E-state index contributed by atoms with van der Waals surface area (Å²) in [6.07, 6.45) is 1.08. The maximum atomic E-state index is 14.4. The molecular weight excluding hydrogens is 925 g/mol. The van der Waals surface area contributed by atoms with Crippen LogP contribution in [0.1, 0.15) is 137 Å². The van der Waals surface area contributed by atoms with Crippen LogP contribution in [0.5, 0.6) is 0 Å². The molecule has 12 rings (SSSR count). The maximum absolute atomic E-state index is 14.4. The van der Waals surface area contributed by atoms with Gasteiger partial charge in [0.25, 0.3) is 69.5 Å². The van der Waals surface area contributed by atoms with Gasteiger partial charge in [-0.2, -0.15) is 19.4 Å². The van der Waals surface area contributed by atoms with Crippen molar-refractivity contribution in [1.82, 2.24) is 19.2 Å². The van der Waals surface area contributed by atoms with Gasteiger partial charge in [0.1, 0.15) is 0 Å². The van der Waals surface area contributed by atoms with Crippen LogP contribution in [-0.2, 0) is 0 Å². The highest BCUT2D eigenvalue weighted by Gasteiger charge is 2.45. The van der Waals surface area contributed by atoms with Gasteiger partial charge in [-0.05, 0) is 122 Å². The van der Waals surface area contributed by atoms with E-state index in [0.717, 1.165) is 0 Å². The summed E-state index contributed by atoms with van der Waals surface area (Å²) < 4.78 is 0.813. The first-order valence-electron chi connectivity index (χ1n) is 23.3. The fourth-order valence-electron chi connectivity index (χ4n) is 11.6. The van der Waals surface area contributed by atoms with Gasteiger partial charge >= 0.3 is 0 Å². The number of fused-ring (bicyclic) bond motifs is 3. The molecule has 0 saturated heterocycles. The van der Waals surface area contributed by atoms with E-state index in [9.17, 15) is 57.5 Å². The smallest absolute Gasteiger partial charge is 0.272 e. The number of hydrogen-bond donors (Lipinski definition) is 0. The van der Waals surface area contributed by atoms with E-state index < -0.39 is 81.6 Å². The van der Waals surface area contributed by atoms with Crippen LogP contribution in [0.15, 0.2) is 92.0 Å². The van der Waals surface area contributed by atoms with E-state index in [1.54, 1.807) is 13.8 Å². The third-order valence-electron chi connectivity index (χ3n) is 14.5. The van der Waals surface area contributed by atoms with Crippen LogP contribution in [-0.4, -0.2) is 78.5 Å². The summed E-state index contributed by atoms with van der Waals surface area (Å²) in [4.78, 5) is 172. The third-order valence-corrected chi connectivity index (χ3v) is 14.5. The van der Waals surface area contributed by atoms with Crippen molar-refractivity contribution >= 4 is 101 Å². The average Bonchev–Trinajstić information content (AvgIpc) is 3.71. The fourth-order valence-corrected chi connectivity index (χ4v) is 11.6. The van der Waals surface area contributed by atoms with E-state index in [0.29, 0.717) is 32.2 Å². The SMILES string of the molecule is CC(C)CC(C)N1C(=O)c2ccc3c4c(ccc(c24)C1=O)C(=O)N(n1c(=O)c2cc4cc5c(=O)n(N6C(=O)c7ccc8c9c(ccc(c79)C6=O)C(=O)N(C(C)CC(C)C)C8=O)c(=O)c5cc4cc2c1=O)C3=O. The lowest BCUT2D eigenvalue weighted by molar-refractivity contribution is 0.0519. The van der Waals surface area contributed by atoms with E-state index in [4.69, 9.17) is 0 Å². The first-order chi connectivity index (χ1) is 34.2. The number of carbonyl (C=O) groups is 8. The number of hydrogen-bond acceptors (Lipinski definition) is 12. The van der Waals surface area contributed by atoms with Gasteiger partial charge in [0.15, 0.2) is 0 Å². The van der Waals surface area contributed by atoms with Gasteiger partial charge in [0.2, 0.25) is 0 Å². The van der Waals surface area contributed by atoms with Crippen molar-refractivity contribution in [3.05, 3.63) is 159 Å². The highest BCUT2D eigenvalue weighted by molar-refractivity contribution is 6.39. The van der Waals surface area contributed by atoms with Crippen molar-refractivity contribution < 1.29 is 38.4 Å². The van der Waals surface area contributed by atoms with E-state index in [1.165, 1.54) is 82.6 Å². The van der Waals surface area contributed by atoms with Crippen LogP contribution in [0.25, 0.3) is 53.9 Å². The summed E-state index contributed by atoms with van der Waals surface area (Å²) in [5.74, 6) is -6.25. The molecule has 0 N–H and O–H groups in total. The topological polar surface area (TPSA) is 228 Å². The summed E-state index contributed by atoms with van der Waals surface area (Å²) in [5.41, 5.74) is -4.33. The van der Waals surface area contributed by atoms with Crippen molar-refractivity contribution in [3.63, 3.8) is 0 Å². The molecule has 2 atom stereocenters. The average molecular weight is 963 g/mol. The Kier molecular flexibility index (Phi) is 9.04. The van der Waals surface area contributed by atoms with Crippen molar-refractivity contribution in [2.75, 3.05) is 10.0 Å². The third kappa shape index (κ3) is 5.53. The lowest BCUT2D eigenvalue weighted by atomic mass is 9.85. The lowest BCUT2D eigenvalue weighted by Crippen LogP contribution is -2.55. The van der Waals surface area contributed by atoms with E-state index >= 15 is 0 Å². The minimum Gasteiger partial charge on any atom is -0.272 e. The fraction of sp³-hybridized carbons (Fsp3) is 0.222. The Bertz CT molecular complexity index is 3770. The van der Waals surface area contributed by atoms with Crippen molar-refractivity contribution in [2.24, 2.45) is 11.8 Å². The second kappa shape index (κ2) is 14.7. The number of benzene rings is 6. The molecule has 0 saturated carbocycles. The van der Waals surface area contributed by atoms with Crippen LogP contribution in [0.3, 0.4) is 0 Å². The molecule has 2 aromatic heterocycles. The molecule has 2 unspecified atom stereocenters. The molecule has 0 fully saturated rings. The molecule has 0 aliphatic carbocycles. The zero-order chi connectivity index (χ0) is 51.0. The summed E-state index contributed by atoms with van der Waals surface area (Å²) in [7, 11) is 0. The van der Waals surface area contributed by atoms with Gasteiger partial charge in [-0.1, -0.05) is 27.7 Å². The molecule has 18 nitrogen and oxygen atoms in total. The van der Waals surface area contributed by atoms with Crippen molar-refractivity contribution in [2.45, 2.75) is 66.5 Å². The van der Waals surface area contributed by atoms with Gasteiger partial charge in [-0.25, -0.2) is 0 Å². The van der Waals surface area contributed by atoms with Gasteiger partial charge in [0.05, 0.1) is 43.8 Å². The number of amides is 8. The second-order valence-corrected chi connectivity index (χ2v) is 19.9. The minimum atomic E-state index is -1.07. The van der Waals surface area contributed by atoms with Crippen LogP contribution >= 0.6 is 0 Å². The molecule has 72 heavy (non-hydrogen) atoms. The predicted octanol–water partition coefficient (Wildman–Crippen LogP) is 5.30. The molecule has 8 aromatic rings. The molecule has 0 bridgehead atoms. The second-order valence-electron chi connectivity index (χ2n) is 19.9. The Morgan fingerprint density at radius 1 is 0.319 bits per heavy atom. The summed E-state index contributed by atoms with van der Waals surface area (Å²) in [6, 6.07) is 14.9. The van der Waals surface area contributed by atoms with E-state index in [2.05, 4.69) is 0 Å². The molecule has 0 radical (unpaired) electrons. The molecular formula is C54H38N6O12. The first-order valence-corrected chi connectivity index (χ1v) is 23.3. The molecule has 356 valence electrons. The quantitative estimate of drug-likeness (QED) is 0.177. The largest absolute Gasteiger partial charge is 0.281 e. The van der Waals surface area contributed by atoms with Crippen LogP contribution < -0.4 is 32.3 Å². The molecule has 18 heteroatoms. The Morgan fingerprint density at radius 2 is 0.528 bits per heavy atom. The molecule has 6 heterocycles. The zero-order valence-corrected chi connectivity index (χ0v) is 39.2. The Balaban J connectivity index is 0.923. The van der Waals surface area contributed by atoms with Crippen molar-refractivity contribution in [1.29, 1.82) is 0 Å². The minimum absolute atomic E-state index is 0.0403. The number of aromatic nitrogens is 2. The number of nitrogens with zero attached hydrogens (tertiary/aromatic N) is 6. The molecule has 4 aliphatic rings. The van der Waals surface area contributed by atoms with E-state index in [-0.39, 0.29) is 110 Å². The maximum Gasteiger partial charge on any atom is 0.281 e. The summed E-state index contributed by atoms with van der Waals surface area (Å²) in [6.45, 7) is 11.4. The molecule has 6 aromatic carbocycles. The summed E-state index contributed by atoms with van der Waals surface area (Å²) in [5, 5.41) is 0.468. The van der Waals surface area contributed by atoms with E-state index in [1.807, 2.05) is 27.7 Å². The first kappa shape index (κ1) is 44.2. The number of carbonyl (C=O) groups excluding carboxylic acids is 8. The standard InChI is InChI=1S/C54H38N6O12/c1-21(2)15-23(5)55-43(61)27-7-11-31-41-32(12-8-28(39(27)41)44(55)62)48(66)57(47(31)65)59-51(69)35-17-25-19-37-38(20-26(25)18-36(35)52(59)70)54(72)60(53(37)71)58-49(67)33-13-9-29-40-30(10-14-34(42(33)40)50(58)68)46(64)56(45(29)63)24(6)16-22(3)4/h7-14,17-24H,15-16H2,1-6H3. The monoisotopic (exact) mass is 962 g/mol. The Morgan fingerprint density at radius 3 is 0.736 bits per heavy atom. The van der Waals surface area contributed by atoms with Gasteiger partial charge in [-0.15, -0.1) is 0 Å². The van der Waals surface area contributed by atoms with Crippen LogP contribution in [0.4, 0.5) is 0 Å².